The number of thioether (sulfide) groups is 1. The molecule has 1 saturated heterocycles. The molecule has 5 nitrogen and oxygen atoms in total. The highest BCUT2D eigenvalue weighted by atomic mass is 32.2. The van der Waals surface area contributed by atoms with Crippen molar-refractivity contribution in [3.63, 3.8) is 0 Å². The summed E-state index contributed by atoms with van der Waals surface area (Å²) in [5, 5.41) is 0. The summed E-state index contributed by atoms with van der Waals surface area (Å²) in [4.78, 5) is 16.9. The van der Waals surface area contributed by atoms with Gasteiger partial charge in [-0.05, 0) is 43.5 Å². The molecule has 140 valence electrons. The van der Waals surface area contributed by atoms with Crippen LogP contribution in [0.25, 0.3) is 0 Å². The average molecular weight is 386 g/mol. The molecule has 0 saturated carbocycles. The largest absolute Gasteiger partial charge is 0.338 e. The van der Waals surface area contributed by atoms with E-state index >= 15 is 0 Å². The highest BCUT2D eigenvalue weighted by Crippen LogP contribution is 2.23. The van der Waals surface area contributed by atoms with Gasteiger partial charge in [-0.3, -0.25) is 4.79 Å². The molecular weight excluding hydrogens is 356 g/mol. The molecule has 0 spiro atoms. The monoisotopic (exact) mass is 385 g/mol. The van der Waals surface area contributed by atoms with Crippen molar-refractivity contribution in [1.82, 2.24) is 4.90 Å². The fraction of sp³-hybridized carbons (Fsp3) is 0.611. The molecular formula is C18H29N2O3S2+. The molecule has 1 aliphatic heterocycles. The molecule has 1 fully saturated rings. The van der Waals surface area contributed by atoms with Crippen LogP contribution in [0.4, 0.5) is 0 Å². The number of nitrogens with zero attached hydrogens (tertiary/aromatic N) is 1. The van der Waals surface area contributed by atoms with Crippen molar-refractivity contribution in [2.75, 3.05) is 44.4 Å². The Morgan fingerprint density at radius 3 is 2.56 bits per heavy atom. The van der Waals surface area contributed by atoms with E-state index in [0.29, 0.717) is 18.7 Å². The summed E-state index contributed by atoms with van der Waals surface area (Å²) in [6, 6.07) is 6.03. The van der Waals surface area contributed by atoms with Crippen LogP contribution in [0.15, 0.2) is 23.1 Å². The zero-order valence-electron chi connectivity index (χ0n) is 15.5. The molecule has 0 unspecified atom stereocenters. The zero-order valence-corrected chi connectivity index (χ0v) is 17.2. The van der Waals surface area contributed by atoms with Gasteiger partial charge in [0.2, 0.25) is 5.91 Å². The Kier molecular flexibility index (Phi) is 6.93. The number of quaternary nitrogens is 1. The first-order valence-corrected chi connectivity index (χ1v) is 11.5. The summed E-state index contributed by atoms with van der Waals surface area (Å²) in [5.74, 6) is 0.685. The number of benzene rings is 1. The summed E-state index contributed by atoms with van der Waals surface area (Å²) in [7, 11) is 1.08. The molecule has 0 aliphatic carbocycles. The van der Waals surface area contributed by atoms with Crippen LogP contribution in [0.1, 0.15) is 17.5 Å². The minimum atomic E-state index is -3.00. The summed E-state index contributed by atoms with van der Waals surface area (Å²) in [6.45, 7) is 5.56. The summed E-state index contributed by atoms with van der Waals surface area (Å²) >= 11 is 1.53. The standard InChI is InChI=1S/C18H28N2O3S2/c1-14-5-6-17(11-15(14)2)24-12-18(21)20(9-8-19(3)4)16-7-10-25(22,23)13-16/h5-6,11,16H,7-10,12-13H2,1-4H3/p+1/t16-/m1/s1. The van der Waals surface area contributed by atoms with Gasteiger partial charge in [0.25, 0.3) is 0 Å². The third kappa shape index (κ3) is 6.01. The van der Waals surface area contributed by atoms with Gasteiger partial charge < -0.3 is 9.80 Å². The van der Waals surface area contributed by atoms with E-state index in [0.717, 1.165) is 11.4 Å². The summed E-state index contributed by atoms with van der Waals surface area (Å²) in [5.41, 5.74) is 2.45. The third-order valence-electron chi connectivity index (χ3n) is 4.66. The predicted octanol–water partition coefficient (Wildman–Crippen LogP) is 0.556. The number of hydrogen-bond donors (Lipinski definition) is 1. The first kappa shape index (κ1) is 20.3. The molecule has 0 bridgehead atoms. The minimum absolute atomic E-state index is 0.0339. The van der Waals surface area contributed by atoms with Crippen LogP contribution < -0.4 is 4.90 Å². The molecule has 0 aromatic heterocycles. The molecule has 1 aromatic rings. The number of carbonyl (C=O) groups excluding carboxylic acids is 1. The van der Waals surface area contributed by atoms with Crippen molar-refractivity contribution in [2.24, 2.45) is 0 Å². The first-order valence-electron chi connectivity index (χ1n) is 8.67. The van der Waals surface area contributed by atoms with Gasteiger partial charge in [0.05, 0.1) is 44.4 Å². The van der Waals surface area contributed by atoms with Gasteiger partial charge in [-0.1, -0.05) is 6.07 Å². The van der Waals surface area contributed by atoms with E-state index in [4.69, 9.17) is 0 Å². The lowest BCUT2D eigenvalue weighted by molar-refractivity contribution is -0.857. The third-order valence-corrected chi connectivity index (χ3v) is 7.39. The molecule has 1 aromatic carbocycles. The Bertz CT molecular complexity index is 717. The van der Waals surface area contributed by atoms with Crippen LogP contribution in [-0.4, -0.2) is 69.7 Å². The van der Waals surface area contributed by atoms with Gasteiger partial charge in [-0.15, -0.1) is 11.8 Å². The number of carbonyl (C=O) groups is 1. The van der Waals surface area contributed by atoms with Crippen molar-refractivity contribution >= 4 is 27.5 Å². The molecule has 7 heteroatoms. The van der Waals surface area contributed by atoms with Crippen LogP contribution in [0.5, 0.6) is 0 Å². The maximum atomic E-state index is 12.8. The Labute approximate surface area is 155 Å². The number of rotatable bonds is 7. The van der Waals surface area contributed by atoms with Crippen molar-refractivity contribution in [3.05, 3.63) is 29.3 Å². The second-order valence-electron chi connectivity index (χ2n) is 7.14. The fourth-order valence-electron chi connectivity index (χ4n) is 2.91. The lowest BCUT2D eigenvalue weighted by atomic mass is 10.1. The number of amides is 1. The normalized spacial score (nSPS) is 19.3. The molecule has 1 atom stereocenters. The van der Waals surface area contributed by atoms with E-state index in [9.17, 15) is 13.2 Å². The quantitative estimate of drug-likeness (QED) is 0.697. The topological polar surface area (TPSA) is 58.9 Å². The lowest BCUT2D eigenvalue weighted by Crippen LogP contribution is -3.06. The van der Waals surface area contributed by atoms with E-state index in [1.54, 1.807) is 4.90 Å². The van der Waals surface area contributed by atoms with Gasteiger partial charge in [-0.25, -0.2) is 8.42 Å². The van der Waals surface area contributed by atoms with Gasteiger partial charge in [0, 0.05) is 10.9 Å². The maximum absolute atomic E-state index is 12.8. The number of aryl methyl sites for hydroxylation is 2. The zero-order chi connectivity index (χ0) is 18.6. The number of hydrogen-bond acceptors (Lipinski definition) is 4. The van der Waals surface area contributed by atoms with Gasteiger partial charge >= 0.3 is 0 Å². The van der Waals surface area contributed by atoms with E-state index in [-0.39, 0.29) is 23.5 Å². The second-order valence-corrected chi connectivity index (χ2v) is 10.4. The number of likely N-dealkylation sites (N-methyl/N-ethyl adjacent to an activating group) is 1. The van der Waals surface area contributed by atoms with Crippen molar-refractivity contribution < 1.29 is 18.1 Å². The van der Waals surface area contributed by atoms with Gasteiger partial charge in [0.1, 0.15) is 0 Å². The lowest BCUT2D eigenvalue weighted by Gasteiger charge is -2.28. The SMILES string of the molecule is Cc1ccc(SCC(=O)N(CC[NH+](C)C)[C@@H]2CCS(=O)(=O)C2)cc1C. The molecule has 1 amide bonds. The molecule has 1 aliphatic rings. The highest BCUT2D eigenvalue weighted by molar-refractivity contribution is 8.00. The summed E-state index contributed by atoms with van der Waals surface area (Å²) < 4.78 is 23.6. The van der Waals surface area contributed by atoms with Crippen molar-refractivity contribution in [1.29, 1.82) is 0 Å². The minimum Gasteiger partial charge on any atom is -0.338 e. The van der Waals surface area contributed by atoms with Crippen molar-refractivity contribution in [3.8, 4) is 0 Å². The average Bonchev–Trinajstić information content (AvgIpc) is 2.88. The first-order chi connectivity index (χ1) is 11.7. The molecule has 0 radical (unpaired) electrons. The second kappa shape index (κ2) is 8.56. The highest BCUT2D eigenvalue weighted by Gasteiger charge is 2.34. The number of nitrogens with one attached hydrogen (secondary N) is 1. The molecule has 2 rings (SSSR count). The smallest absolute Gasteiger partial charge is 0.233 e. The van der Waals surface area contributed by atoms with Crippen LogP contribution >= 0.6 is 11.8 Å². The molecule has 25 heavy (non-hydrogen) atoms. The maximum Gasteiger partial charge on any atom is 0.233 e. The van der Waals surface area contributed by atoms with E-state index < -0.39 is 9.84 Å². The van der Waals surface area contributed by atoms with Gasteiger partial charge in [0.15, 0.2) is 9.84 Å². The van der Waals surface area contributed by atoms with Gasteiger partial charge in [-0.2, -0.15) is 0 Å². The summed E-state index contributed by atoms with van der Waals surface area (Å²) in [6.07, 6.45) is 0.561. The van der Waals surface area contributed by atoms with E-state index in [1.807, 2.05) is 20.2 Å². The van der Waals surface area contributed by atoms with Crippen LogP contribution in [0.2, 0.25) is 0 Å². The molecule has 1 heterocycles. The van der Waals surface area contributed by atoms with Crippen LogP contribution in [-0.2, 0) is 14.6 Å². The van der Waals surface area contributed by atoms with E-state index in [2.05, 4.69) is 26.0 Å². The Hall–Kier alpha value is -1.05. The Morgan fingerprint density at radius 2 is 2.00 bits per heavy atom. The number of sulfone groups is 1. The molecule has 1 N–H and O–H groups in total. The van der Waals surface area contributed by atoms with Crippen LogP contribution in [0.3, 0.4) is 0 Å². The van der Waals surface area contributed by atoms with E-state index in [1.165, 1.54) is 27.8 Å². The Balaban J connectivity index is 2.02. The Morgan fingerprint density at radius 1 is 1.28 bits per heavy atom. The van der Waals surface area contributed by atoms with Crippen molar-refractivity contribution in [2.45, 2.75) is 31.2 Å². The fourth-order valence-corrected chi connectivity index (χ4v) is 5.52. The predicted molar refractivity (Wildman–Crippen MR) is 103 cm³/mol. The van der Waals surface area contributed by atoms with Crippen LogP contribution in [0, 0.1) is 13.8 Å².